The highest BCUT2D eigenvalue weighted by Gasteiger charge is 2.29. The molecule has 0 saturated heterocycles. The fraction of sp³-hybridized carbons (Fsp3) is 0.158. The van der Waals surface area contributed by atoms with Crippen molar-refractivity contribution < 1.29 is 27.5 Å². The molecule has 0 atom stereocenters. The minimum Gasteiger partial charge on any atom is -0.452 e. The molecule has 2 aromatic carbocycles. The van der Waals surface area contributed by atoms with Crippen LogP contribution >= 0.6 is 11.6 Å². The highest BCUT2D eigenvalue weighted by Crippen LogP contribution is 2.29. The Bertz CT molecular complexity index is 861. The van der Waals surface area contributed by atoms with Gasteiger partial charge in [0.1, 0.15) is 0 Å². The predicted octanol–water partition coefficient (Wildman–Crippen LogP) is 4.86. The molecule has 1 N–H and O–H groups in total. The van der Waals surface area contributed by atoms with Gasteiger partial charge in [0.25, 0.3) is 5.91 Å². The molecule has 1 amide bonds. The van der Waals surface area contributed by atoms with Crippen LogP contribution in [0.5, 0.6) is 0 Å². The second-order valence-electron chi connectivity index (χ2n) is 5.57. The monoisotopic (exact) mass is 397 g/mol. The summed E-state index contributed by atoms with van der Waals surface area (Å²) >= 11 is 5.83. The topological polar surface area (TPSA) is 55.4 Å². The van der Waals surface area contributed by atoms with E-state index in [0.29, 0.717) is 16.3 Å². The van der Waals surface area contributed by atoms with Crippen molar-refractivity contribution >= 4 is 35.2 Å². The number of nitrogens with one attached hydrogen (secondary N) is 1. The van der Waals surface area contributed by atoms with E-state index in [-0.39, 0.29) is 0 Å². The molecule has 0 radical (unpaired) electrons. The summed E-state index contributed by atoms with van der Waals surface area (Å²) in [7, 11) is 0. The summed E-state index contributed by atoms with van der Waals surface area (Å²) in [5, 5.41) is 3.11. The molecule has 4 nitrogen and oxygen atoms in total. The van der Waals surface area contributed by atoms with Gasteiger partial charge >= 0.3 is 12.1 Å². The minimum atomic E-state index is -4.42. The number of halogens is 4. The van der Waals surface area contributed by atoms with Gasteiger partial charge in [0.15, 0.2) is 6.61 Å². The number of hydrogen-bond acceptors (Lipinski definition) is 3. The average molecular weight is 398 g/mol. The number of carbonyl (C=O) groups is 2. The molecule has 0 aliphatic carbocycles. The first-order valence-corrected chi connectivity index (χ1v) is 8.11. The normalized spacial score (nSPS) is 11.4. The molecule has 2 rings (SSSR count). The van der Waals surface area contributed by atoms with Gasteiger partial charge in [0, 0.05) is 16.8 Å². The Morgan fingerprint density at radius 2 is 1.81 bits per heavy atom. The number of anilines is 1. The lowest BCUT2D eigenvalue weighted by atomic mass is 10.1. The molecule has 0 unspecified atom stereocenters. The van der Waals surface area contributed by atoms with E-state index in [1.54, 1.807) is 25.1 Å². The Morgan fingerprint density at radius 3 is 2.41 bits per heavy atom. The van der Waals surface area contributed by atoms with Crippen LogP contribution in [-0.4, -0.2) is 18.5 Å². The number of benzene rings is 2. The van der Waals surface area contributed by atoms with Crippen LogP contribution in [0.25, 0.3) is 6.08 Å². The van der Waals surface area contributed by atoms with Gasteiger partial charge in [-0.3, -0.25) is 4.79 Å². The van der Waals surface area contributed by atoms with Crippen LogP contribution in [0, 0.1) is 6.92 Å². The maximum absolute atomic E-state index is 12.5. The molecule has 0 bridgehead atoms. The number of rotatable bonds is 5. The SMILES string of the molecule is Cc1cc(Cl)ccc1NC(=O)COC(=O)/C=C/c1ccc(C(F)(F)F)cc1. The van der Waals surface area contributed by atoms with Gasteiger partial charge in [-0.15, -0.1) is 0 Å². The number of carbonyl (C=O) groups excluding carboxylic acids is 2. The van der Waals surface area contributed by atoms with E-state index in [9.17, 15) is 22.8 Å². The van der Waals surface area contributed by atoms with Crippen molar-refractivity contribution in [2.24, 2.45) is 0 Å². The van der Waals surface area contributed by atoms with E-state index in [1.807, 2.05) is 0 Å². The van der Waals surface area contributed by atoms with E-state index in [0.717, 1.165) is 23.8 Å². The van der Waals surface area contributed by atoms with Crippen LogP contribution in [0.4, 0.5) is 18.9 Å². The van der Waals surface area contributed by atoms with E-state index >= 15 is 0 Å². The standard InChI is InChI=1S/C19H15ClF3NO3/c1-12-10-15(20)7-8-16(12)24-17(25)11-27-18(26)9-4-13-2-5-14(6-3-13)19(21,22)23/h2-10H,11H2,1H3,(H,24,25)/b9-4+. The van der Waals surface area contributed by atoms with Crippen LogP contribution in [0.3, 0.4) is 0 Å². The number of ether oxygens (including phenoxy) is 1. The lowest BCUT2D eigenvalue weighted by Crippen LogP contribution is -2.20. The third-order valence-electron chi connectivity index (χ3n) is 3.46. The highest BCUT2D eigenvalue weighted by molar-refractivity contribution is 6.30. The third kappa shape index (κ3) is 6.45. The number of alkyl halides is 3. The van der Waals surface area contributed by atoms with E-state index in [1.165, 1.54) is 18.2 Å². The van der Waals surface area contributed by atoms with Crippen molar-refractivity contribution in [1.29, 1.82) is 0 Å². The van der Waals surface area contributed by atoms with Crippen molar-refractivity contribution in [3.8, 4) is 0 Å². The van der Waals surface area contributed by atoms with E-state index in [2.05, 4.69) is 5.32 Å². The molecule has 0 aromatic heterocycles. The van der Waals surface area contributed by atoms with Gasteiger partial charge in [0.2, 0.25) is 0 Å². The summed E-state index contributed by atoms with van der Waals surface area (Å²) in [6.45, 7) is 1.26. The number of aryl methyl sites for hydroxylation is 1. The molecule has 8 heteroatoms. The lowest BCUT2D eigenvalue weighted by Gasteiger charge is -2.08. The lowest BCUT2D eigenvalue weighted by molar-refractivity contribution is -0.142. The average Bonchev–Trinajstić information content (AvgIpc) is 2.60. The summed E-state index contributed by atoms with van der Waals surface area (Å²) in [5.41, 5.74) is 0.905. The summed E-state index contributed by atoms with van der Waals surface area (Å²) in [6, 6.07) is 9.19. The van der Waals surface area contributed by atoms with E-state index in [4.69, 9.17) is 16.3 Å². The van der Waals surface area contributed by atoms with Crippen molar-refractivity contribution in [2.45, 2.75) is 13.1 Å². The molecule has 0 spiro atoms. The van der Waals surface area contributed by atoms with Crippen molar-refractivity contribution in [3.63, 3.8) is 0 Å². The zero-order valence-corrected chi connectivity index (χ0v) is 14.9. The minimum absolute atomic E-state index is 0.390. The maximum Gasteiger partial charge on any atom is 0.416 e. The van der Waals surface area contributed by atoms with Crippen LogP contribution in [0.1, 0.15) is 16.7 Å². The Hall–Kier alpha value is -2.80. The number of amides is 1. The van der Waals surface area contributed by atoms with Gasteiger partial charge in [-0.25, -0.2) is 4.79 Å². The zero-order chi connectivity index (χ0) is 20.0. The quantitative estimate of drug-likeness (QED) is 0.579. The molecule has 0 fully saturated rings. The molecular weight excluding hydrogens is 383 g/mol. The Labute approximate surface area is 158 Å². The Balaban J connectivity index is 1.84. The van der Waals surface area contributed by atoms with Gasteiger partial charge in [0.05, 0.1) is 5.56 Å². The van der Waals surface area contributed by atoms with Gasteiger partial charge < -0.3 is 10.1 Å². The first-order chi connectivity index (χ1) is 12.6. The third-order valence-corrected chi connectivity index (χ3v) is 3.69. The summed E-state index contributed by atoms with van der Waals surface area (Å²) in [4.78, 5) is 23.4. The van der Waals surface area contributed by atoms with E-state index < -0.39 is 30.2 Å². The molecule has 0 aliphatic heterocycles. The molecule has 0 heterocycles. The molecule has 142 valence electrons. The van der Waals surface area contributed by atoms with Crippen LogP contribution in [0.15, 0.2) is 48.5 Å². The molecule has 0 saturated carbocycles. The van der Waals surface area contributed by atoms with Crippen molar-refractivity contribution in [2.75, 3.05) is 11.9 Å². The Morgan fingerprint density at radius 1 is 1.15 bits per heavy atom. The fourth-order valence-electron chi connectivity index (χ4n) is 2.09. The smallest absolute Gasteiger partial charge is 0.416 e. The number of esters is 1. The van der Waals surface area contributed by atoms with Gasteiger partial charge in [-0.1, -0.05) is 23.7 Å². The summed E-state index contributed by atoms with van der Waals surface area (Å²) < 4.78 is 42.2. The van der Waals surface area contributed by atoms with Gasteiger partial charge in [-0.05, 0) is 54.5 Å². The van der Waals surface area contributed by atoms with Crippen LogP contribution < -0.4 is 5.32 Å². The molecule has 2 aromatic rings. The molecular formula is C19H15ClF3NO3. The van der Waals surface area contributed by atoms with Crippen molar-refractivity contribution in [3.05, 3.63) is 70.3 Å². The largest absolute Gasteiger partial charge is 0.452 e. The fourth-order valence-corrected chi connectivity index (χ4v) is 2.31. The predicted molar refractivity (Wildman–Crippen MR) is 96.3 cm³/mol. The number of hydrogen-bond donors (Lipinski definition) is 1. The zero-order valence-electron chi connectivity index (χ0n) is 14.1. The molecule has 27 heavy (non-hydrogen) atoms. The molecule has 0 aliphatic rings. The highest BCUT2D eigenvalue weighted by atomic mass is 35.5. The first-order valence-electron chi connectivity index (χ1n) is 7.73. The second kappa shape index (κ2) is 8.73. The van der Waals surface area contributed by atoms with Gasteiger partial charge in [-0.2, -0.15) is 13.2 Å². The summed E-state index contributed by atoms with van der Waals surface area (Å²) in [5.74, 6) is -1.32. The second-order valence-corrected chi connectivity index (χ2v) is 6.00. The maximum atomic E-state index is 12.5. The van der Waals surface area contributed by atoms with Crippen molar-refractivity contribution in [1.82, 2.24) is 0 Å². The van der Waals surface area contributed by atoms with Crippen LogP contribution in [0.2, 0.25) is 5.02 Å². The summed E-state index contributed by atoms with van der Waals surface area (Å²) in [6.07, 6.45) is -2.09. The van der Waals surface area contributed by atoms with Crippen LogP contribution in [-0.2, 0) is 20.5 Å². The first kappa shape index (κ1) is 20.5. The Kier molecular flexibility index (Phi) is 6.63.